The summed E-state index contributed by atoms with van der Waals surface area (Å²) in [6.07, 6.45) is 3.05. The molecule has 3 rings (SSSR count). The van der Waals surface area contributed by atoms with Crippen LogP contribution in [0, 0.1) is 6.92 Å². The minimum absolute atomic E-state index is 0.182. The van der Waals surface area contributed by atoms with E-state index >= 15 is 0 Å². The lowest BCUT2D eigenvalue weighted by Gasteiger charge is -2.08. The van der Waals surface area contributed by atoms with E-state index in [1.807, 2.05) is 31.2 Å². The van der Waals surface area contributed by atoms with Crippen molar-refractivity contribution in [2.45, 2.75) is 13.5 Å². The molecule has 2 amide bonds. The van der Waals surface area contributed by atoms with Gasteiger partial charge >= 0.3 is 0 Å². The van der Waals surface area contributed by atoms with Crippen molar-refractivity contribution >= 4 is 40.7 Å². The first-order valence-corrected chi connectivity index (χ1v) is 9.28. The fraction of sp³-hybridized carbons (Fsp3) is 0.150. The number of halogens is 2. The van der Waals surface area contributed by atoms with Gasteiger partial charge in [0.25, 0.3) is 5.91 Å². The van der Waals surface area contributed by atoms with Gasteiger partial charge in [-0.2, -0.15) is 5.10 Å². The van der Waals surface area contributed by atoms with Crippen molar-refractivity contribution in [2.75, 3.05) is 11.9 Å². The van der Waals surface area contributed by atoms with Crippen LogP contribution < -0.4 is 10.6 Å². The first-order valence-electron chi connectivity index (χ1n) is 8.52. The van der Waals surface area contributed by atoms with Gasteiger partial charge in [-0.05, 0) is 36.2 Å². The maximum Gasteiger partial charge on any atom is 0.254 e. The number of hydrogen-bond acceptors (Lipinski definition) is 3. The molecular formula is C20H18Cl2N4O2. The van der Waals surface area contributed by atoms with Crippen LogP contribution in [0.4, 0.5) is 5.69 Å². The van der Waals surface area contributed by atoms with E-state index in [9.17, 15) is 9.59 Å². The summed E-state index contributed by atoms with van der Waals surface area (Å²) >= 11 is 12.2. The van der Waals surface area contributed by atoms with Gasteiger partial charge in [0.15, 0.2) is 0 Å². The normalized spacial score (nSPS) is 10.5. The predicted octanol–water partition coefficient (Wildman–Crippen LogP) is 3.92. The van der Waals surface area contributed by atoms with Crippen LogP contribution in [-0.2, 0) is 11.3 Å². The molecule has 28 heavy (non-hydrogen) atoms. The topological polar surface area (TPSA) is 76.0 Å². The molecule has 3 aromatic rings. The maximum atomic E-state index is 12.2. The van der Waals surface area contributed by atoms with E-state index in [4.69, 9.17) is 23.2 Å². The van der Waals surface area contributed by atoms with Crippen molar-refractivity contribution in [1.82, 2.24) is 15.1 Å². The Morgan fingerprint density at radius 1 is 1.11 bits per heavy atom. The molecule has 0 radical (unpaired) electrons. The molecule has 0 saturated carbocycles. The zero-order chi connectivity index (χ0) is 20.1. The third-order valence-corrected chi connectivity index (χ3v) is 4.68. The largest absolute Gasteiger partial charge is 0.343 e. The average molecular weight is 417 g/mol. The van der Waals surface area contributed by atoms with Crippen LogP contribution in [0.3, 0.4) is 0 Å². The maximum absolute atomic E-state index is 12.2. The molecule has 2 N–H and O–H groups in total. The number of aromatic nitrogens is 2. The summed E-state index contributed by atoms with van der Waals surface area (Å²) in [4.78, 5) is 24.3. The van der Waals surface area contributed by atoms with Crippen molar-refractivity contribution in [1.29, 1.82) is 0 Å². The van der Waals surface area contributed by atoms with Crippen LogP contribution in [0.15, 0.2) is 54.9 Å². The van der Waals surface area contributed by atoms with Gasteiger partial charge in [0.05, 0.1) is 35.6 Å². The van der Waals surface area contributed by atoms with Crippen LogP contribution in [0.25, 0.3) is 0 Å². The molecule has 8 heteroatoms. The molecule has 0 bridgehead atoms. The number of carbonyl (C=O) groups is 2. The quantitative estimate of drug-likeness (QED) is 0.639. The molecule has 0 atom stereocenters. The SMILES string of the molecule is Cc1ccc(NC(=O)CNC(=O)c2cnn(Cc3ccccc3Cl)c2)c(Cl)c1. The first-order chi connectivity index (χ1) is 13.4. The van der Waals surface area contributed by atoms with Crippen LogP contribution in [0.5, 0.6) is 0 Å². The number of nitrogens with zero attached hydrogens (tertiary/aromatic N) is 2. The Hall–Kier alpha value is -2.83. The predicted molar refractivity (Wildman–Crippen MR) is 110 cm³/mol. The molecule has 1 heterocycles. The molecule has 1 aromatic heterocycles. The third-order valence-electron chi connectivity index (χ3n) is 3.99. The van der Waals surface area contributed by atoms with Crippen molar-refractivity contribution in [2.24, 2.45) is 0 Å². The summed E-state index contributed by atoms with van der Waals surface area (Å²) in [5.74, 6) is -0.766. The Bertz CT molecular complexity index is 1020. The lowest BCUT2D eigenvalue weighted by atomic mass is 10.2. The molecule has 2 aromatic carbocycles. The second kappa shape index (κ2) is 8.91. The number of carbonyl (C=O) groups excluding carboxylic acids is 2. The molecule has 6 nitrogen and oxygen atoms in total. The third kappa shape index (κ3) is 5.12. The van der Waals surface area contributed by atoms with Crippen LogP contribution >= 0.6 is 23.2 Å². The van der Waals surface area contributed by atoms with E-state index in [0.29, 0.717) is 27.8 Å². The number of nitrogens with one attached hydrogen (secondary N) is 2. The second-order valence-corrected chi connectivity index (χ2v) is 7.05. The van der Waals surface area contributed by atoms with Gasteiger partial charge in [0.2, 0.25) is 5.91 Å². The minimum Gasteiger partial charge on any atom is -0.343 e. The summed E-state index contributed by atoms with van der Waals surface area (Å²) in [6.45, 7) is 2.17. The first kappa shape index (κ1) is 19.9. The molecule has 0 unspecified atom stereocenters. The molecular weight excluding hydrogens is 399 g/mol. The Labute approximate surface area is 172 Å². The van der Waals surface area contributed by atoms with Gasteiger partial charge in [-0.15, -0.1) is 0 Å². The molecule has 0 aliphatic rings. The van der Waals surface area contributed by atoms with Gasteiger partial charge < -0.3 is 10.6 Å². The van der Waals surface area contributed by atoms with Crippen LogP contribution in [0.2, 0.25) is 10.0 Å². The fourth-order valence-electron chi connectivity index (χ4n) is 2.55. The number of anilines is 1. The highest BCUT2D eigenvalue weighted by atomic mass is 35.5. The second-order valence-electron chi connectivity index (χ2n) is 6.23. The highest BCUT2D eigenvalue weighted by Crippen LogP contribution is 2.22. The van der Waals surface area contributed by atoms with E-state index in [1.54, 1.807) is 29.1 Å². The molecule has 0 fully saturated rings. The summed E-state index contributed by atoms with van der Waals surface area (Å²) < 4.78 is 1.61. The van der Waals surface area contributed by atoms with E-state index in [2.05, 4.69) is 15.7 Å². The van der Waals surface area contributed by atoms with Crippen LogP contribution in [0.1, 0.15) is 21.5 Å². The minimum atomic E-state index is -0.393. The van der Waals surface area contributed by atoms with Gasteiger partial charge in [-0.3, -0.25) is 14.3 Å². The van der Waals surface area contributed by atoms with Crippen LogP contribution in [-0.4, -0.2) is 28.1 Å². The lowest BCUT2D eigenvalue weighted by molar-refractivity contribution is -0.115. The summed E-state index contributed by atoms with van der Waals surface area (Å²) in [5, 5.41) is 10.5. The molecule has 0 aliphatic heterocycles. The van der Waals surface area contributed by atoms with E-state index in [-0.39, 0.29) is 12.5 Å². The highest BCUT2D eigenvalue weighted by molar-refractivity contribution is 6.33. The number of amides is 2. The number of aryl methyl sites for hydroxylation is 1. The van der Waals surface area contributed by atoms with Gasteiger partial charge in [-0.1, -0.05) is 47.5 Å². The monoisotopic (exact) mass is 416 g/mol. The number of benzene rings is 2. The fourth-order valence-corrected chi connectivity index (χ4v) is 3.02. The molecule has 0 spiro atoms. The number of hydrogen-bond donors (Lipinski definition) is 2. The van der Waals surface area contributed by atoms with Gasteiger partial charge in [0.1, 0.15) is 0 Å². The van der Waals surface area contributed by atoms with E-state index < -0.39 is 5.91 Å². The zero-order valence-corrected chi connectivity index (χ0v) is 16.6. The molecule has 144 valence electrons. The molecule has 0 aliphatic carbocycles. The Kier molecular flexibility index (Phi) is 6.34. The highest BCUT2D eigenvalue weighted by Gasteiger charge is 2.12. The van der Waals surface area contributed by atoms with E-state index in [0.717, 1.165) is 11.1 Å². The molecule has 0 saturated heterocycles. The van der Waals surface area contributed by atoms with Crippen molar-refractivity contribution in [3.8, 4) is 0 Å². The summed E-state index contributed by atoms with van der Waals surface area (Å²) in [5.41, 5.74) is 2.74. The number of rotatable bonds is 6. The Morgan fingerprint density at radius 2 is 1.89 bits per heavy atom. The Balaban J connectivity index is 1.54. The Morgan fingerprint density at radius 3 is 2.64 bits per heavy atom. The zero-order valence-electron chi connectivity index (χ0n) is 15.1. The van der Waals surface area contributed by atoms with Gasteiger partial charge in [-0.25, -0.2) is 0 Å². The van der Waals surface area contributed by atoms with E-state index in [1.165, 1.54) is 6.20 Å². The van der Waals surface area contributed by atoms with Crippen molar-refractivity contribution in [3.05, 3.63) is 81.6 Å². The van der Waals surface area contributed by atoms with Gasteiger partial charge in [0, 0.05) is 11.2 Å². The lowest BCUT2D eigenvalue weighted by Crippen LogP contribution is -2.32. The smallest absolute Gasteiger partial charge is 0.254 e. The van der Waals surface area contributed by atoms with Crippen molar-refractivity contribution < 1.29 is 9.59 Å². The standard InChI is InChI=1S/C20H18Cl2N4O2/c1-13-6-7-18(17(22)8-13)25-19(27)10-23-20(28)15-9-24-26(12-15)11-14-4-2-3-5-16(14)21/h2-9,12H,10-11H2,1H3,(H,23,28)(H,25,27). The summed E-state index contributed by atoms with van der Waals surface area (Å²) in [7, 11) is 0. The van der Waals surface area contributed by atoms with Crippen molar-refractivity contribution in [3.63, 3.8) is 0 Å². The summed E-state index contributed by atoms with van der Waals surface area (Å²) in [6, 6.07) is 12.7. The average Bonchev–Trinajstić information content (AvgIpc) is 3.13.